The highest BCUT2D eigenvalue weighted by atomic mass is 32.1. The van der Waals surface area contributed by atoms with E-state index in [9.17, 15) is 4.79 Å². The molecule has 0 aromatic carbocycles. The maximum absolute atomic E-state index is 11.0. The molecule has 5 nitrogen and oxygen atoms in total. The van der Waals surface area contributed by atoms with Crippen molar-refractivity contribution in [3.8, 4) is 0 Å². The van der Waals surface area contributed by atoms with Gasteiger partial charge in [0.05, 0.1) is 18.4 Å². The zero-order chi connectivity index (χ0) is 11.3. The molecule has 1 amide bonds. The Hall–Kier alpha value is -1.69. The van der Waals surface area contributed by atoms with Crippen molar-refractivity contribution in [1.29, 1.82) is 0 Å². The maximum atomic E-state index is 11.0. The number of nitrogens with zero attached hydrogens (tertiary/aromatic N) is 1. The highest BCUT2D eigenvalue weighted by molar-refractivity contribution is 7.80. The molecule has 0 spiro atoms. The van der Waals surface area contributed by atoms with E-state index in [1.165, 1.54) is 0 Å². The number of carbonyl (C=O) groups is 1. The molecule has 0 saturated heterocycles. The van der Waals surface area contributed by atoms with E-state index in [2.05, 4.69) is 15.6 Å². The number of rotatable bonds is 4. The molecule has 15 heavy (non-hydrogen) atoms. The molecule has 0 aliphatic carbocycles. The Labute approximate surface area is 93.1 Å². The Balaban J connectivity index is 2.76. The van der Waals surface area contributed by atoms with Crippen LogP contribution in [-0.4, -0.2) is 29.5 Å². The van der Waals surface area contributed by atoms with Crippen LogP contribution in [-0.2, 0) is 4.79 Å². The topological polar surface area (TPSA) is 80.0 Å². The van der Waals surface area contributed by atoms with E-state index in [1.54, 1.807) is 25.5 Å². The number of hydrogen-bond donors (Lipinski definition) is 3. The molecule has 0 bridgehead atoms. The zero-order valence-corrected chi connectivity index (χ0v) is 9.10. The normalized spacial score (nSPS) is 9.40. The molecule has 0 atom stereocenters. The number of hydrogen-bond acceptors (Lipinski definition) is 4. The van der Waals surface area contributed by atoms with Gasteiger partial charge in [-0.25, -0.2) is 0 Å². The van der Waals surface area contributed by atoms with Crippen molar-refractivity contribution in [2.45, 2.75) is 0 Å². The van der Waals surface area contributed by atoms with Crippen LogP contribution in [0.3, 0.4) is 0 Å². The van der Waals surface area contributed by atoms with Crippen LogP contribution in [0.1, 0.15) is 5.56 Å². The Morgan fingerprint density at radius 3 is 3.00 bits per heavy atom. The van der Waals surface area contributed by atoms with Crippen LogP contribution < -0.4 is 16.4 Å². The first-order valence-electron chi connectivity index (χ1n) is 4.33. The van der Waals surface area contributed by atoms with Crippen molar-refractivity contribution in [3.63, 3.8) is 0 Å². The molecule has 80 valence electrons. The van der Waals surface area contributed by atoms with Crippen LogP contribution in [0, 0.1) is 0 Å². The highest BCUT2D eigenvalue weighted by Gasteiger charge is 2.05. The lowest BCUT2D eigenvalue weighted by Crippen LogP contribution is -2.27. The third-order valence-corrected chi connectivity index (χ3v) is 2.02. The Morgan fingerprint density at radius 2 is 2.40 bits per heavy atom. The van der Waals surface area contributed by atoms with Crippen molar-refractivity contribution < 1.29 is 4.79 Å². The number of nitrogens with two attached hydrogens (primary N) is 1. The van der Waals surface area contributed by atoms with Crippen molar-refractivity contribution in [1.82, 2.24) is 10.3 Å². The standard InChI is InChI=1S/C9H12N4OS/c1-11-8(14)5-13-7-4-12-3-2-6(7)9(10)15/h2-4,13H,5H2,1H3,(H2,10,15)(H,11,14). The molecule has 0 unspecified atom stereocenters. The second-order valence-electron chi connectivity index (χ2n) is 2.81. The van der Waals surface area contributed by atoms with Crippen molar-refractivity contribution in [2.75, 3.05) is 18.9 Å². The molecule has 6 heteroatoms. The average Bonchev–Trinajstić information content (AvgIpc) is 2.26. The average molecular weight is 224 g/mol. The first-order valence-corrected chi connectivity index (χ1v) is 4.74. The third kappa shape index (κ3) is 3.17. The number of nitrogens with one attached hydrogen (secondary N) is 2. The summed E-state index contributed by atoms with van der Waals surface area (Å²) in [7, 11) is 1.57. The van der Waals surface area contributed by atoms with Gasteiger partial charge in [0.15, 0.2) is 0 Å². The highest BCUT2D eigenvalue weighted by Crippen LogP contribution is 2.12. The van der Waals surface area contributed by atoms with Gasteiger partial charge in [0, 0.05) is 18.8 Å². The van der Waals surface area contributed by atoms with Crippen LogP contribution in [0.5, 0.6) is 0 Å². The number of carbonyl (C=O) groups excluding carboxylic acids is 1. The Morgan fingerprint density at radius 1 is 1.67 bits per heavy atom. The molecule has 4 N–H and O–H groups in total. The predicted molar refractivity (Wildman–Crippen MR) is 62.7 cm³/mol. The minimum absolute atomic E-state index is 0.118. The van der Waals surface area contributed by atoms with E-state index in [1.807, 2.05) is 0 Å². The Bertz CT molecular complexity index is 380. The minimum atomic E-state index is -0.118. The molecule has 1 heterocycles. The second-order valence-corrected chi connectivity index (χ2v) is 3.25. The molecule has 1 rings (SSSR count). The fraction of sp³-hybridized carbons (Fsp3) is 0.222. The van der Waals surface area contributed by atoms with Gasteiger partial charge in [0.2, 0.25) is 5.91 Å². The van der Waals surface area contributed by atoms with Gasteiger partial charge >= 0.3 is 0 Å². The summed E-state index contributed by atoms with van der Waals surface area (Å²) in [6, 6.07) is 1.70. The lowest BCUT2D eigenvalue weighted by atomic mass is 10.2. The third-order valence-electron chi connectivity index (χ3n) is 1.80. The number of pyridine rings is 1. The van der Waals surface area contributed by atoms with Gasteiger partial charge in [-0.15, -0.1) is 0 Å². The van der Waals surface area contributed by atoms with E-state index in [0.717, 1.165) is 0 Å². The largest absolute Gasteiger partial charge is 0.389 e. The molecular weight excluding hydrogens is 212 g/mol. The summed E-state index contributed by atoms with van der Waals surface area (Å²) in [5, 5.41) is 5.40. The fourth-order valence-corrected chi connectivity index (χ4v) is 1.19. The first-order chi connectivity index (χ1) is 7.15. The van der Waals surface area contributed by atoms with Gasteiger partial charge in [0.25, 0.3) is 0 Å². The van der Waals surface area contributed by atoms with E-state index < -0.39 is 0 Å². The van der Waals surface area contributed by atoms with E-state index >= 15 is 0 Å². The maximum Gasteiger partial charge on any atom is 0.239 e. The van der Waals surface area contributed by atoms with Gasteiger partial charge in [0.1, 0.15) is 4.99 Å². The number of likely N-dealkylation sites (N-methyl/N-ethyl adjacent to an activating group) is 1. The Kier molecular flexibility index (Phi) is 3.99. The lowest BCUT2D eigenvalue weighted by Gasteiger charge is -2.09. The van der Waals surface area contributed by atoms with E-state index in [0.29, 0.717) is 11.3 Å². The van der Waals surface area contributed by atoms with Crippen molar-refractivity contribution in [3.05, 3.63) is 24.0 Å². The van der Waals surface area contributed by atoms with Crippen molar-refractivity contribution in [2.24, 2.45) is 5.73 Å². The van der Waals surface area contributed by atoms with Gasteiger partial charge in [-0.3, -0.25) is 9.78 Å². The molecule has 0 fully saturated rings. The zero-order valence-electron chi connectivity index (χ0n) is 8.28. The van der Waals surface area contributed by atoms with Crippen LogP contribution in [0.25, 0.3) is 0 Å². The van der Waals surface area contributed by atoms with E-state index in [4.69, 9.17) is 18.0 Å². The smallest absolute Gasteiger partial charge is 0.239 e. The van der Waals surface area contributed by atoms with E-state index in [-0.39, 0.29) is 17.4 Å². The number of amides is 1. The van der Waals surface area contributed by atoms with Gasteiger partial charge in [-0.2, -0.15) is 0 Å². The van der Waals surface area contributed by atoms with Gasteiger partial charge in [-0.05, 0) is 6.07 Å². The molecule has 0 radical (unpaired) electrons. The summed E-state index contributed by atoms with van der Waals surface area (Å²) < 4.78 is 0. The second kappa shape index (κ2) is 5.26. The predicted octanol–water partition coefficient (Wildman–Crippen LogP) is -0.126. The van der Waals surface area contributed by atoms with Gasteiger partial charge < -0.3 is 16.4 Å². The van der Waals surface area contributed by atoms with Crippen molar-refractivity contribution >= 4 is 28.8 Å². The molecule has 1 aromatic rings. The molecule has 0 aliphatic heterocycles. The van der Waals surface area contributed by atoms with Gasteiger partial charge in [-0.1, -0.05) is 12.2 Å². The number of thiocarbonyl (C=S) groups is 1. The first kappa shape index (κ1) is 11.4. The summed E-state index contributed by atoms with van der Waals surface area (Å²) in [4.78, 5) is 15.2. The lowest BCUT2D eigenvalue weighted by molar-refractivity contribution is -0.118. The minimum Gasteiger partial charge on any atom is -0.389 e. The SMILES string of the molecule is CNC(=O)CNc1cnccc1C(N)=S. The van der Waals surface area contributed by atoms with Crippen LogP contribution >= 0.6 is 12.2 Å². The summed E-state index contributed by atoms with van der Waals surface area (Å²) in [6.07, 6.45) is 3.18. The summed E-state index contributed by atoms with van der Waals surface area (Å²) in [5.74, 6) is -0.118. The molecular formula is C9H12N4OS. The molecule has 0 aliphatic rings. The molecule has 0 saturated carbocycles. The summed E-state index contributed by atoms with van der Waals surface area (Å²) in [6.45, 7) is 0.164. The number of aromatic nitrogens is 1. The number of anilines is 1. The monoisotopic (exact) mass is 224 g/mol. The van der Waals surface area contributed by atoms with Crippen LogP contribution in [0.2, 0.25) is 0 Å². The molecule has 1 aromatic heterocycles. The quantitative estimate of drug-likeness (QED) is 0.621. The summed E-state index contributed by atoms with van der Waals surface area (Å²) >= 11 is 4.87. The van der Waals surface area contributed by atoms with Crippen LogP contribution in [0.4, 0.5) is 5.69 Å². The fourth-order valence-electron chi connectivity index (χ4n) is 1.01. The van der Waals surface area contributed by atoms with Crippen LogP contribution in [0.15, 0.2) is 18.5 Å². The summed E-state index contributed by atoms with van der Waals surface area (Å²) in [5.41, 5.74) is 6.86.